The molecule has 2 fully saturated rings. The van der Waals surface area contributed by atoms with E-state index in [0.29, 0.717) is 0 Å². The maximum Gasteiger partial charge on any atom is -0.0276 e. The lowest BCUT2D eigenvalue weighted by molar-refractivity contribution is 0.599. The highest BCUT2D eigenvalue weighted by atomic mass is 14.1. The van der Waals surface area contributed by atoms with Crippen LogP contribution in [0.1, 0.15) is 57.8 Å². The van der Waals surface area contributed by atoms with Crippen LogP contribution in [-0.2, 0) is 0 Å². The van der Waals surface area contributed by atoms with Gasteiger partial charge in [-0.2, -0.15) is 0 Å². The zero-order chi connectivity index (χ0) is 10.5. The molecule has 82 valence electrons. The second-order valence-corrected chi connectivity index (χ2v) is 4.89. The number of rotatable bonds is 1. The highest BCUT2D eigenvalue weighted by Crippen LogP contribution is 2.28. The van der Waals surface area contributed by atoms with E-state index in [1.54, 1.807) is 5.57 Å². The van der Waals surface area contributed by atoms with Crippen LogP contribution in [0.25, 0.3) is 0 Å². The fourth-order valence-electron chi connectivity index (χ4n) is 2.58. The number of hydrogen-bond donors (Lipinski definition) is 0. The molecule has 0 aliphatic heterocycles. The molecule has 0 aromatic carbocycles. The first-order valence-corrected chi connectivity index (χ1v) is 6.43. The quantitative estimate of drug-likeness (QED) is 0.565. The minimum absolute atomic E-state index is 1.22. The van der Waals surface area contributed by atoms with Gasteiger partial charge in [0.05, 0.1) is 0 Å². The highest BCUT2D eigenvalue weighted by molar-refractivity contribution is 5.34. The van der Waals surface area contributed by atoms with Gasteiger partial charge in [-0.1, -0.05) is 36.3 Å². The van der Waals surface area contributed by atoms with Gasteiger partial charge >= 0.3 is 0 Å². The number of allylic oxidation sites excluding steroid dienone is 5. The van der Waals surface area contributed by atoms with Crippen LogP contribution in [0, 0.1) is 0 Å². The molecule has 0 aromatic rings. The molecule has 0 nitrogen and oxygen atoms in total. The Hall–Kier alpha value is -0.780. The highest BCUT2D eigenvalue weighted by Gasteiger charge is 2.09. The van der Waals surface area contributed by atoms with E-state index in [0.717, 1.165) is 0 Å². The predicted molar refractivity (Wildman–Crippen MR) is 66.9 cm³/mol. The third-order valence-electron chi connectivity index (χ3n) is 3.64. The van der Waals surface area contributed by atoms with Gasteiger partial charge in [0.25, 0.3) is 0 Å². The van der Waals surface area contributed by atoms with Gasteiger partial charge in [0, 0.05) is 0 Å². The van der Waals surface area contributed by atoms with Crippen molar-refractivity contribution in [1.82, 2.24) is 0 Å². The molecular formula is C15H22. The lowest BCUT2D eigenvalue weighted by Crippen LogP contribution is -1.97. The Bertz CT molecular complexity index is 283. The molecule has 2 rings (SSSR count). The lowest BCUT2D eigenvalue weighted by Gasteiger charge is -2.17. The minimum Gasteiger partial charge on any atom is -0.0956 e. The molecule has 2 saturated carbocycles. The van der Waals surface area contributed by atoms with Gasteiger partial charge in [-0.15, -0.1) is 0 Å². The molecule has 0 saturated heterocycles. The molecule has 2 aliphatic rings. The van der Waals surface area contributed by atoms with E-state index in [9.17, 15) is 0 Å². The molecular weight excluding hydrogens is 180 g/mol. The van der Waals surface area contributed by atoms with Crippen molar-refractivity contribution in [3.05, 3.63) is 35.5 Å². The fraction of sp³-hybridized carbons (Fsp3) is 0.600. The Morgan fingerprint density at radius 1 is 0.733 bits per heavy atom. The van der Waals surface area contributed by atoms with Crippen LogP contribution >= 0.6 is 0 Å². The van der Waals surface area contributed by atoms with Crippen LogP contribution in [0.3, 0.4) is 0 Å². The van der Waals surface area contributed by atoms with E-state index in [1.165, 1.54) is 68.9 Å². The van der Waals surface area contributed by atoms with Crippen molar-refractivity contribution < 1.29 is 0 Å². The summed E-state index contributed by atoms with van der Waals surface area (Å²) in [5.41, 5.74) is 4.56. The van der Waals surface area contributed by atoms with E-state index in [4.69, 9.17) is 0 Å². The molecule has 0 amide bonds. The van der Waals surface area contributed by atoms with Crippen LogP contribution in [0.2, 0.25) is 0 Å². The van der Waals surface area contributed by atoms with Gasteiger partial charge in [0.15, 0.2) is 0 Å². The molecule has 0 N–H and O–H groups in total. The second kappa shape index (κ2) is 5.34. The van der Waals surface area contributed by atoms with Crippen molar-refractivity contribution in [3.63, 3.8) is 0 Å². The van der Waals surface area contributed by atoms with Crippen molar-refractivity contribution >= 4 is 0 Å². The summed E-state index contributed by atoms with van der Waals surface area (Å²) in [5, 5.41) is 0. The summed E-state index contributed by atoms with van der Waals surface area (Å²) in [5.74, 6) is 0. The van der Waals surface area contributed by atoms with Gasteiger partial charge in [0.1, 0.15) is 0 Å². The average Bonchev–Trinajstić information content (AvgIpc) is 2.29. The Kier molecular flexibility index (Phi) is 3.82. The van der Waals surface area contributed by atoms with Gasteiger partial charge in [0.2, 0.25) is 0 Å². The summed E-state index contributed by atoms with van der Waals surface area (Å²) >= 11 is 0. The smallest absolute Gasteiger partial charge is 0.0276 e. The van der Waals surface area contributed by atoms with Crippen molar-refractivity contribution in [2.45, 2.75) is 57.8 Å². The SMILES string of the molecule is C=C1CCCC/C1=C/C=C1CCCCC1. The number of hydrogen-bond acceptors (Lipinski definition) is 0. The molecule has 0 unspecified atom stereocenters. The van der Waals surface area contributed by atoms with Crippen molar-refractivity contribution in [2.24, 2.45) is 0 Å². The van der Waals surface area contributed by atoms with Crippen LogP contribution in [-0.4, -0.2) is 0 Å². The summed E-state index contributed by atoms with van der Waals surface area (Å²) in [4.78, 5) is 0. The largest absolute Gasteiger partial charge is 0.0956 e. The molecule has 0 spiro atoms. The molecule has 15 heavy (non-hydrogen) atoms. The first-order chi connectivity index (χ1) is 7.36. The van der Waals surface area contributed by atoms with Gasteiger partial charge < -0.3 is 0 Å². The van der Waals surface area contributed by atoms with Gasteiger partial charge in [-0.25, -0.2) is 0 Å². The van der Waals surface area contributed by atoms with Gasteiger partial charge in [-0.05, 0) is 56.9 Å². The summed E-state index contributed by atoms with van der Waals surface area (Å²) in [6, 6.07) is 0. The first-order valence-electron chi connectivity index (χ1n) is 6.43. The second-order valence-electron chi connectivity index (χ2n) is 4.89. The zero-order valence-corrected chi connectivity index (χ0v) is 9.73. The standard InChI is InChI=1S/C15H22/c1-13-7-5-6-10-15(13)12-11-14-8-3-2-4-9-14/h11-12H,1-10H2/b15-12-. The van der Waals surface area contributed by atoms with E-state index >= 15 is 0 Å². The molecule has 0 radical (unpaired) electrons. The molecule has 2 aliphatic carbocycles. The van der Waals surface area contributed by atoms with Crippen molar-refractivity contribution in [1.29, 1.82) is 0 Å². The molecule has 0 aromatic heterocycles. The fourth-order valence-corrected chi connectivity index (χ4v) is 2.58. The molecule has 0 heteroatoms. The summed E-state index contributed by atoms with van der Waals surface area (Å²) in [6.07, 6.45) is 16.8. The summed E-state index contributed by atoms with van der Waals surface area (Å²) < 4.78 is 0. The molecule has 0 atom stereocenters. The van der Waals surface area contributed by atoms with Gasteiger partial charge in [-0.3, -0.25) is 0 Å². The predicted octanol–water partition coefficient (Wildman–Crippen LogP) is 4.93. The van der Waals surface area contributed by atoms with Crippen LogP contribution in [0.15, 0.2) is 35.5 Å². The van der Waals surface area contributed by atoms with E-state index in [-0.39, 0.29) is 0 Å². The van der Waals surface area contributed by atoms with E-state index in [2.05, 4.69) is 18.7 Å². The summed E-state index contributed by atoms with van der Waals surface area (Å²) in [6.45, 7) is 4.16. The molecule has 0 heterocycles. The van der Waals surface area contributed by atoms with Crippen molar-refractivity contribution in [2.75, 3.05) is 0 Å². The minimum atomic E-state index is 1.22. The normalized spacial score (nSPS) is 25.7. The topological polar surface area (TPSA) is 0 Å². The maximum absolute atomic E-state index is 4.16. The van der Waals surface area contributed by atoms with E-state index in [1.807, 2.05) is 0 Å². The third kappa shape index (κ3) is 3.09. The average molecular weight is 202 g/mol. The van der Waals surface area contributed by atoms with Crippen molar-refractivity contribution in [3.8, 4) is 0 Å². The lowest BCUT2D eigenvalue weighted by atomic mass is 9.89. The third-order valence-corrected chi connectivity index (χ3v) is 3.64. The Balaban J connectivity index is 1.98. The monoisotopic (exact) mass is 202 g/mol. The summed E-state index contributed by atoms with van der Waals surface area (Å²) in [7, 11) is 0. The Morgan fingerprint density at radius 3 is 2.13 bits per heavy atom. The van der Waals surface area contributed by atoms with Crippen LogP contribution < -0.4 is 0 Å². The first kappa shape index (κ1) is 10.7. The maximum atomic E-state index is 4.16. The Morgan fingerprint density at radius 2 is 1.40 bits per heavy atom. The molecule has 0 bridgehead atoms. The zero-order valence-electron chi connectivity index (χ0n) is 9.73. The van der Waals surface area contributed by atoms with Crippen LogP contribution in [0.5, 0.6) is 0 Å². The van der Waals surface area contributed by atoms with E-state index < -0.39 is 0 Å². The van der Waals surface area contributed by atoms with Crippen LogP contribution in [0.4, 0.5) is 0 Å². The Labute approximate surface area is 93.8 Å².